The zero-order valence-electron chi connectivity index (χ0n) is 35.2. The van der Waals surface area contributed by atoms with E-state index in [1.54, 1.807) is 0 Å². The van der Waals surface area contributed by atoms with E-state index >= 15 is 0 Å². The lowest BCUT2D eigenvalue weighted by Gasteiger charge is -2.40. The number of unbranched alkanes of at least 4 members (excludes halogenated alkanes) is 26. The topological polar surface area (TPSA) is 189 Å². The highest BCUT2D eigenvalue weighted by molar-refractivity contribution is 5.80. The van der Waals surface area contributed by atoms with Crippen LogP contribution in [0.3, 0.4) is 0 Å². The molecule has 1 aliphatic rings. The first kappa shape index (κ1) is 52.1. The van der Waals surface area contributed by atoms with Gasteiger partial charge in [0, 0.05) is 0 Å². The lowest BCUT2D eigenvalue weighted by atomic mass is 9.98. The zero-order valence-corrected chi connectivity index (χ0v) is 35.2. The van der Waals surface area contributed by atoms with Gasteiger partial charge in [-0.15, -0.1) is 0 Å². The second kappa shape index (κ2) is 35.1. The normalized spacial score (nSPS) is 22.4. The third-order valence-corrected chi connectivity index (χ3v) is 11.4. The van der Waals surface area contributed by atoms with Crippen LogP contribution in [0.2, 0.25) is 0 Å². The summed E-state index contributed by atoms with van der Waals surface area (Å²) in [5.41, 5.74) is 0. The molecule has 328 valence electrons. The van der Waals surface area contributed by atoms with Crippen molar-refractivity contribution in [3.8, 4) is 0 Å². The van der Waals surface area contributed by atoms with Crippen LogP contribution in [0.1, 0.15) is 206 Å². The summed E-state index contributed by atoms with van der Waals surface area (Å²) >= 11 is 0. The van der Waals surface area contributed by atoms with Gasteiger partial charge >= 0.3 is 0 Å². The third-order valence-electron chi connectivity index (χ3n) is 11.4. The summed E-state index contributed by atoms with van der Waals surface area (Å²) in [5.74, 6) is -0.697. The summed E-state index contributed by atoms with van der Waals surface area (Å²) in [7, 11) is 0. The fraction of sp³-hybridized carbons (Fsp3) is 0.977. The minimum atomic E-state index is -1.65. The smallest absolute Gasteiger partial charge is 0.249 e. The van der Waals surface area contributed by atoms with E-state index in [0.717, 1.165) is 51.4 Å². The molecule has 1 fully saturated rings. The maximum Gasteiger partial charge on any atom is 0.249 e. The second-order valence-electron chi connectivity index (χ2n) is 16.5. The molecule has 1 aliphatic heterocycles. The van der Waals surface area contributed by atoms with Crippen LogP contribution in [-0.2, 0) is 14.3 Å². The van der Waals surface area contributed by atoms with Gasteiger partial charge < -0.3 is 50.5 Å². The first-order valence-corrected chi connectivity index (χ1v) is 22.9. The molecule has 1 amide bonds. The first-order valence-electron chi connectivity index (χ1n) is 22.9. The van der Waals surface area contributed by atoms with Gasteiger partial charge in [-0.1, -0.05) is 194 Å². The van der Waals surface area contributed by atoms with E-state index < -0.39 is 74.2 Å². The van der Waals surface area contributed by atoms with Gasteiger partial charge in [-0.3, -0.25) is 4.79 Å². The quantitative estimate of drug-likeness (QED) is 0.0300. The van der Waals surface area contributed by atoms with Crippen LogP contribution >= 0.6 is 0 Å². The van der Waals surface area contributed by atoms with E-state index in [1.165, 1.54) is 116 Å². The van der Waals surface area contributed by atoms with Crippen molar-refractivity contribution in [1.82, 2.24) is 5.32 Å². The van der Waals surface area contributed by atoms with Gasteiger partial charge in [-0.25, -0.2) is 0 Å². The number of hydrogen-bond acceptors (Lipinski definition) is 10. The van der Waals surface area contributed by atoms with Crippen molar-refractivity contribution in [2.75, 3.05) is 13.2 Å². The maximum atomic E-state index is 13.0. The zero-order chi connectivity index (χ0) is 40.5. The number of carbonyl (C=O) groups excluding carboxylic acids is 1. The predicted octanol–water partition coefficient (Wildman–Crippen LogP) is 7.11. The molecule has 11 heteroatoms. The molecule has 1 rings (SSSR count). The highest BCUT2D eigenvalue weighted by atomic mass is 16.7. The van der Waals surface area contributed by atoms with E-state index in [0.29, 0.717) is 19.3 Å². The Kier molecular flexibility index (Phi) is 33.3. The van der Waals surface area contributed by atoms with Gasteiger partial charge in [0.05, 0.1) is 25.4 Å². The molecule has 8 N–H and O–H groups in total. The standard InChI is InChI=1S/C44H87NO10/c1-3-5-7-9-11-12-13-14-15-16-17-18-19-20-21-22-23-24-25-26-28-30-32-37(48)43(53)45-35(39(49)36(47)31-29-27-10-8-6-4-2)34-54-44-42(52)41(51)40(50)38(33-46)55-44/h35-42,44,46-52H,3-34H2,1-2H3,(H,45,53). The fourth-order valence-corrected chi connectivity index (χ4v) is 7.56. The van der Waals surface area contributed by atoms with Crippen LogP contribution in [-0.4, -0.2) is 110 Å². The second-order valence-corrected chi connectivity index (χ2v) is 16.5. The van der Waals surface area contributed by atoms with Crippen LogP contribution in [0.5, 0.6) is 0 Å². The molecule has 9 atom stereocenters. The van der Waals surface area contributed by atoms with Gasteiger partial charge in [0.25, 0.3) is 0 Å². The number of amides is 1. The van der Waals surface area contributed by atoms with Crippen molar-refractivity contribution < 1.29 is 50.0 Å². The molecule has 9 unspecified atom stereocenters. The Hall–Kier alpha value is -0.890. The minimum Gasteiger partial charge on any atom is -0.394 e. The van der Waals surface area contributed by atoms with Crippen molar-refractivity contribution in [3.05, 3.63) is 0 Å². The van der Waals surface area contributed by atoms with E-state index in [4.69, 9.17) is 9.47 Å². The summed E-state index contributed by atoms with van der Waals surface area (Å²) in [6, 6.07) is -1.16. The molecular formula is C44H87NO10. The number of nitrogens with one attached hydrogen (secondary N) is 1. The van der Waals surface area contributed by atoms with Crippen LogP contribution in [0.25, 0.3) is 0 Å². The van der Waals surface area contributed by atoms with E-state index in [9.17, 15) is 40.5 Å². The van der Waals surface area contributed by atoms with Crippen molar-refractivity contribution in [3.63, 3.8) is 0 Å². The molecular weight excluding hydrogens is 702 g/mol. The molecule has 0 aromatic heterocycles. The minimum absolute atomic E-state index is 0.266. The molecule has 11 nitrogen and oxygen atoms in total. The maximum absolute atomic E-state index is 13.0. The van der Waals surface area contributed by atoms with Crippen LogP contribution in [0.4, 0.5) is 0 Å². The van der Waals surface area contributed by atoms with Crippen molar-refractivity contribution >= 4 is 5.91 Å². The Morgan fingerprint density at radius 3 is 1.35 bits per heavy atom. The average Bonchev–Trinajstić information content (AvgIpc) is 3.18. The lowest BCUT2D eigenvalue weighted by Crippen LogP contribution is -2.60. The fourth-order valence-electron chi connectivity index (χ4n) is 7.56. The van der Waals surface area contributed by atoms with Crippen LogP contribution in [0.15, 0.2) is 0 Å². The van der Waals surface area contributed by atoms with Gasteiger partial charge in [0.2, 0.25) is 5.91 Å². The monoisotopic (exact) mass is 790 g/mol. The molecule has 1 heterocycles. The summed E-state index contributed by atoms with van der Waals surface area (Å²) in [4.78, 5) is 13.0. The number of rotatable bonds is 38. The summed E-state index contributed by atoms with van der Waals surface area (Å²) < 4.78 is 11.0. The molecule has 0 aromatic rings. The number of aliphatic hydroxyl groups is 7. The van der Waals surface area contributed by atoms with E-state index in [1.807, 2.05) is 0 Å². The summed E-state index contributed by atoms with van der Waals surface area (Å²) in [6.07, 6.45) is 23.5. The summed E-state index contributed by atoms with van der Waals surface area (Å²) in [6.45, 7) is 3.36. The first-order chi connectivity index (χ1) is 26.7. The number of hydrogen-bond donors (Lipinski definition) is 8. The Bertz CT molecular complexity index is 866. The lowest BCUT2D eigenvalue weighted by molar-refractivity contribution is -0.303. The van der Waals surface area contributed by atoms with Crippen LogP contribution < -0.4 is 5.32 Å². The molecule has 0 saturated carbocycles. The number of carbonyl (C=O) groups is 1. The largest absolute Gasteiger partial charge is 0.394 e. The van der Waals surface area contributed by atoms with Gasteiger partial charge in [0.15, 0.2) is 6.29 Å². The van der Waals surface area contributed by atoms with Gasteiger partial charge in [-0.05, 0) is 12.8 Å². The third kappa shape index (κ3) is 25.3. The summed E-state index contributed by atoms with van der Waals surface area (Å²) in [5, 5.41) is 75.1. The Labute approximate surface area is 335 Å². The highest BCUT2D eigenvalue weighted by Gasteiger charge is 2.44. The van der Waals surface area contributed by atoms with Crippen LogP contribution in [0, 0.1) is 0 Å². The molecule has 0 aliphatic carbocycles. The molecule has 55 heavy (non-hydrogen) atoms. The predicted molar refractivity (Wildman–Crippen MR) is 220 cm³/mol. The Balaban J connectivity index is 2.28. The molecule has 0 aromatic carbocycles. The van der Waals surface area contributed by atoms with E-state index in [2.05, 4.69) is 19.2 Å². The Morgan fingerprint density at radius 1 is 0.564 bits per heavy atom. The van der Waals surface area contributed by atoms with Crippen molar-refractivity contribution in [2.45, 2.75) is 262 Å². The molecule has 0 spiro atoms. The molecule has 0 bridgehead atoms. The molecule has 0 radical (unpaired) electrons. The average molecular weight is 790 g/mol. The van der Waals surface area contributed by atoms with Gasteiger partial charge in [0.1, 0.15) is 36.6 Å². The number of ether oxygens (including phenoxy) is 2. The number of aliphatic hydroxyl groups excluding tert-OH is 7. The van der Waals surface area contributed by atoms with Crippen molar-refractivity contribution in [2.24, 2.45) is 0 Å². The Morgan fingerprint density at radius 2 is 0.945 bits per heavy atom. The molecule has 1 saturated heterocycles. The van der Waals surface area contributed by atoms with E-state index in [-0.39, 0.29) is 6.42 Å². The van der Waals surface area contributed by atoms with Gasteiger partial charge in [-0.2, -0.15) is 0 Å². The highest BCUT2D eigenvalue weighted by Crippen LogP contribution is 2.23. The van der Waals surface area contributed by atoms with Crippen molar-refractivity contribution in [1.29, 1.82) is 0 Å². The SMILES string of the molecule is CCCCCCCCCCCCCCCCCCCCCCCCC(O)C(=O)NC(COC1OC(CO)C(O)C(O)C1O)C(O)C(O)CCCCCCCC.